The zero-order chi connectivity index (χ0) is 13.2. The summed E-state index contributed by atoms with van der Waals surface area (Å²) in [6, 6.07) is 5.60. The van der Waals surface area contributed by atoms with Gasteiger partial charge in [0.15, 0.2) is 0 Å². The maximum Gasteiger partial charge on any atom is 0.211 e. The van der Waals surface area contributed by atoms with Crippen LogP contribution in [0, 0.1) is 0 Å². The van der Waals surface area contributed by atoms with Crippen molar-refractivity contribution in [1.82, 2.24) is 15.0 Å². The van der Waals surface area contributed by atoms with Gasteiger partial charge in [0, 0.05) is 29.0 Å². The highest BCUT2D eigenvalue weighted by molar-refractivity contribution is 6.33. The first-order valence-corrected chi connectivity index (χ1v) is 5.94. The molecule has 0 aliphatic carbocycles. The first kappa shape index (κ1) is 11.7. The molecule has 0 spiro atoms. The summed E-state index contributed by atoms with van der Waals surface area (Å²) in [5.41, 5.74) is 3.10. The molecule has 6 heteroatoms. The highest BCUT2D eigenvalue weighted by atomic mass is 35.5. The van der Waals surface area contributed by atoms with Gasteiger partial charge in [0.05, 0.1) is 16.9 Å². The smallest absolute Gasteiger partial charge is 0.211 e. The molecule has 3 heterocycles. The van der Waals surface area contributed by atoms with Crippen molar-refractivity contribution in [1.29, 1.82) is 0 Å². The third-order valence-electron chi connectivity index (χ3n) is 2.76. The number of rotatable bonds is 3. The number of amides is 1. The molecule has 0 unspecified atom stereocenters. The summed E-state index contributed by atoms with van der Waals surface area (Å²) in [6.07, 6.45) is 5.48. The number of hydrogen-bond donors (Lipinski definition) is 2. The van der Waals surface area contributed by atoms with Gasteiger partial charge in [-0.1, -0.05) is 11.6 Å². The predicted molar refractivity (Wildman–Crippen MR) is 74.0 cm³/mol. The minimum atomic E-state index is 0.570. The maximum absolute atomic E-state index is 10.4. The Labute approximate surface area is 113 Å². The molecule has 2 N–H and O–H groups in total. The average Bonchev–Trinajstić information content (AvgIpc) is 2.82. The number of aromatic amines is 1. The first-order chi connectivity index (χ1) is 9.28. The molecule has 94 valence electrons. The van der Waals surface area contributed by atoms with E-state index >= 15 is 0 Å². The molecular formula is C13H9ClN4O. The van der Waals surface area contributed by atoms with Crippen LogP contribution in [0.3, 0.4) is 0 Å². The van der Waals surface area contributed by atoms with Crippen LogP contribution < -0.4 is 5.32 Å². The lowest BCUT2D eigenvalue weighted by atomic mass is 10.2. The summed E-state index contributed by atoms with van der Waals surface area (Å²) in [5.74, 6) is 0. The van der Waals surface area contributed by atoms with E-state index in [9.17, 15) is 4.79 Å². The van der Waals surface area contributed by atoms with E-state index < -0.39 is 0 Å². The molecule has 0 aliphatic rings. The molecule has 0 atom stereocenters. The lowest BCUT2D eigenvalue weighted by Crippen LogP contribution is -1.93. The van der Waals surface area contributed by atoms with Crippen LogP contribution in [0.25, 0.3) is 22.3 Å². The zero-order valence-electron chi connectivity index (χ0n) is 9.72. The Morgan fingerprint density at radius 3 is 3.00 bits per heavy atom. The van der Waals surface area contributed by atoms with Crippen LogP contribution in [0.15, 0.2) is 36.8 Å². The molecule has 0 aliphatic heterocycles. The van der Waals surface area contributed by atoms with E-state index in [1.54, 1.807) is 18.6 Å². The minimum absolute atomic E-state index is 0.570. The zero-order valence-corrected chi connectivity index (χ0v) is 10.5. The molecule has 1 amide bonds. The second kappa shape index (κ2) is 4.70. The van der Waals surface area contributed by atoms with Gasteiger partial charge in [-0.2, -0.15) is 0 Å². The highest BCUT2D eigenvalue weighted by Crippen LogP contribution is 2.29. The molecule has 0 bridgehead atoms. The van der Waals surface area contributed by atoms with Crippen LogP contribution in [-0.4, -0.2) is 21.4 Å². The summed E-state index contributed by atoms with van der Waals surface area (Å²) in [7, 11) is 0. The number of nitrogens with zero attached hydrogens (tertiary/aromatic N) is 2. The Balaban J connectivity index is 2.11. The van der Waals surface area contributed by atoms with E-state index in [0.29, 0.717) is 17.1 Å². The van der Waals surface area contributed by atoms with Gasteiger partial charge in [-0.3, -0.25) is 9.78 Å². The number of hydrogen-bond acceptors (Lipinski definition) is 3. The third-order valence-corrected chi connectivity index (χ3v) is 3.06. The van der Waals surface area contributed by atoms with Gasteiger partial charge in [-0.25, -0.2) is 4.98 Å². The van der Waals surface area contributed by atoms with Gasteiger partial charge in [0.1, 0.15) is 5.65 Å². The van der Waals surface area contributed by atoms with Crippen LogP contribution >= 0.6 is 11.6 Å². The molecule has 3 aromatic rings. The molecule has 3 aromatic heterocycles. The number of fused-ring (bicyclic) bond motifs is 1. The van der Waals surface area contributed by atoms with E-state index in [-0.39, 0.29) is 0 Å². The van der Waals surface area contributed by atoms with Crippen molar-refractivity contribution in [2.24, 2.45) is 0 Å². The second-order valence-electron chi connectivity index (χ2n) is 3.96. The molecule has 3 rings (SSSR count). The Morgan fingerprint density at radius 2 is 2.21 bits per heavy atom. The van der Waals surface area contributed by atoms with Crippen molar-refractivity contribution in [2.75, 3.05) is 5.32 Å². The van der Waals surface area contributed by atoms with E-state index in [2.05, 4.69) is 20.3 Å². The van der Waals surface area contributed by atoms with Crippen molar-refractivity contribution in [3.63, 3.8) is 0 Å². The van der Waals surface area contributed by atoms with Crippen molar-refractivity contribution >= 4 is 34.7 Å². The molecule has 5 nitrogen and oxygen atoms in total. The molecule has 0 aromatic carbocycles. The molecule has 0 fully saturated rings. The van der Waals surface area contributed by atoms with Crippen molar-refractivity contribution in [2.45, 2.75) is 0 Å². The number of carbonyl (C=O) groups is 1. The average molecular weight is 273 g/mol. The van der Waals surface area contributed by atoms with Crippen molar-refractivity contribution in [3.8, 4) is 11.3 Å². The van der Waals surface area contributed by atoms with Crippen molar-refractivity contribution in [3.05, 3.63) is 41.8 Å². The monoisotopic (exact) mass is 272 g/mol. The predicted octanol–water partition coefficient (Wildman–Crippen LogP) is 2.85. The van der Waals surface area contributed by atoms with Crippen LogP contribution in [0.4, 0.5) is 5.69 Å². The number of pyridine rings is 2. The number of anilines is 1. The summed E-state index contributed by atoms with van der Waals surface area (Å²) in [6.45, 7) is 0. The second-order valence-corrected chi connectivity index (χ2v) is 4.37. The van der Waals surface area contributed by atoms with Gasteiger partial charge in [-0.15, -0.1) is 0 Å². The van der Waals surface area contributed by atoms with E-state index in [1.165, 1.54) is 0 Å². The van der Waals surface area contributed by atoms with Gasteiger partial charge >= 0.3 is 0 Å². The SMILES string of the molecule is O=CNc1cnc2[nH]c(-c3ccncc3Cl)cc2c1. The standard InChI is InChI=1S/C13H9ClN4O/c14-11-6-15-2-1-10(11)12-4-8-3-9(17-7-19)5-16-13(8)18-12/h1-7H,(H,16,18)(H,17,19). The highest BCUT2D eigenvalue weighted by Gasteiger charge is 2.08. The third kappa shape index (κ3) is 2.15. The van der Waals surface area contributed by atoms with Gasteiger partial charge in [0.2, 0.25) is 6.41 Å². The summed E-state index contributed by atoms with van der Waals surface area (Å²) < 4.78 is 0. The topological polar surface area (TPSA) is 70.7 Å². The van der Waals surface area contributed by atoms with E-state index in [1.807, 2.05) is 18.2 Å². The van der Waals surface area contributed by atoms with Crippen LogP contribution in [0.2, 0.25) is 5.02 Å². The van der Waals surface area contributed by atoms with Gasteiger partial charge in [-0.05, 0) is 18.2 Å². The number of H-pyrrole nitrogens is 1. The van der Waals surface area contributed by atoms with Crippen LogP contribution in [0.1, 0.15) is 0 Å². The normalized spacial score (nSPS) is 10.6. The lowest BCUT2D eigenvalue weighted by Gasteiger charge is -1.98. The number of nitrogens with one attached hydrogen (secondary N) is 2. The van der Waals surface area contributed by atoms with Crippen molar-refractivity contribution < 1.29 is 4.79 Å². The Bertz CT molecular complexity index is 753. The molecule has 0 saturated carbocycles. The van der Waals surface area contributed by atoms with Crippen LogP contribution in [0.5, 0.6) is 0 Å². The van der Waals surface area contributed by atoms with E-state index in [0.717, 1.165) is 22.3 Å². The summed E-state index contributed by atoms with van der Waals surface area (Å²) >= 11 is 6.11. The molecule has 19 heavy (non-hydrogen) atoms. The van der Waals surface area contributed by atoms with Gasteiger partial charge < -0.3 is 10.3 Å². The van der Waals surface area contributed by atoms with Crippen LogP contribution in [-0.2, 0) is 4.79 Å². The Hall–Kier alpha value is -2.40. The fourth-order valence-electron chi connectivity index (χ4n) is 1.90. The number of halogens is 1. The minimum Gasteiger partial charge on any atom is -0.339 e. The largest absolute Gasteiger partial charge is 0.339 e. The fourth-order valence-corrected chi connectivity index (χ4v) is 2.12. The quantitative estimate of drug-likeness (QED) is 0.720. The number of aromatic nitrogens is 3. The molecule has 0 radical (unpaired) electrons. The Kier molecular flexibility index (Phi) is 2.89. The van der Waals surface area contributed by atoms with Gasteiger partial charge in [0.25, 0.3) is 0 Å². The number of carbonyl (C=O) groups excluding carboxylic acids is 1. The molecule has 0 saturated heterocycles. The lowest BCUT2D eigenvalue weighted by molar-refractivity contribution is -0.105. The Morgan fingerprint density at radius 1 is 1.32 bits per heavy atom. The fraction of sp³-hybridized carbons (Fsp3) is 0. The molecular weight excluding hydrogens is 264 g/mol. The van der Waals surface area contributed by atoms with E-state index in [4.69, 9.17) is 11.6 Å². The first-order valence-electron chi connectivity index (χ1n) is 5.57. The summed E-state index contributed by atoms with van der Waals surface area (Å²) in [4.78, 5) is 21.8. The maximum atomic E-state index is 10.4. The summed E-state index contributed by atoms with van der Waals surface area (Å²) in [5, 5.41) is 4.03.